The van der Waals surface area contributed by atoms with Crippen molar-refractivity contribution in [3.63, 3.8) is 0 Å². The van der Waals surface area contributed by atoms with Crippen molar-refractivity contribution in [3.05, 3.63) is 52.6 Å². The molecule has 0 spiro atoms. The van der Waals surface area contributed by atoms with Gasteiger partial charge >= 0.3 is 0 Å². The van der Waals surface area contributed by atoms with E-state index in [-0.39, 0.29) is 34.7 Å². The van der Waals surface area contributed by atoms with Crippen molar-refractivity contribution in [2.75, 3.05) is 6.54 Å². The van der Waals surface area contributed by atoms with Gasteiger partial charge in [0.2, 0.25) is 11.7 Å². The van der Waals surface area contributed by atoms with E-state index in [1.54, 1.807) is 18.2 Å². The zero-order chi connectivity index (χ0) is 31.7. The van der Waals surface area contributed by atoms with Crippen LogP contribution in [0.5, 0.6) is 23.0 Å². The first-order chi connectivity index (χ1) is 19.6. The number of benzene rings is 2. The first-order valence-corrected chi connectivity index (χ1v) is 15.6. The summed E-state index contributed by atoms with van der Waals surface area (Å²) < 4.78 is 12.0. The fourth-order valence-corrected chi connectivity index (χ4v) is 4.96. The van der Waals surface area contributed by atoms with E-state index in [4.69, 9.17) is 9.47 Å². The molecule has 0 heterocycles. The summed E-state index contributed by atoms with van der Waals surface area (Å²) in [4.78, 5) is 12.7. The molecule has 2 unspecified atom stereocenters. The topological polar surface area (TPSA) is 88.0 Å². The molecule has 0 saturated heterocycles. The molecule has 2 atom stereocenters. The molecule has 0 aromatic heterocycles. The Morgan fingerprint density at radius 2 is 1.31 bits per heavy atom. The molecule has 0 aliphatic rings. The molecule has 6 heteroatoms. The lowest BCUT2D eigenvalue weighted by atomic mass is 9.78. The van der Waals surface area contributed by atoms with Gasteiger partial charge in [0.25, 0.3) is 0 Å². The van der Waals surface area contributed by atoms with Crippen molar-refractivity contribution >= 4 is 12.0 Å². The van der Waals surface area contributed by atoms with Gasteiger partial charge in [0.1, 0.15) is 5.75 Å². The summed E-state index contributed by atoms with van der Waals surface area (Å²) in [6, 6.07) is 7.68. The number of ether oxygens (including phenoxy) is 2. The van der Waals surface area contributed by atoms with Crippen LogP contribution in [0.25, 0.3) is 6.08 Å². The number of aromatic hydroxyl groups is 2. The third kappa shape index (κ3) is 10.6. The van der Waals surface area contributed by atoms with Crippen molar-refractivity contribution in [1.29, 1.82) is 0 Å². The Morgan fingerprint density at radius 1 is 0.833 bits per heavy atom. The minimum Gasteiger partial charge on any atom is -0.507 e. The minimum absolute atomic E-state index is 0.0130. The van der Waals surface area contributed by atoms with Crippen LogP contribution in [0.1, 0.15) is 124 Å². The maximum Gasteiger partial charge on any atom is 0.243 e. The Morgan fingerprint density at radius 3 is 1.74 bits per heavy atom. The van der Waals surface area contributed by atoms with Gasteiger partial charge in [-0.2, -0.15) is 0 Å². The fourth-order valence-electron chi connectivity index (χ4n) is 4.96. The Kier molecular flexibility index (Phi) is 12.8. The highest BCUT2D eigenvalue weighted by atomic mass is 16.5. The number of rotatable bonds is 14. The summed E-state index contributed by atoms with van der Waals surface area (Å²) in [5.74, 6) is 0.892. The smallest absolute Gasteiger partial charge is 0.243 e. The molecule has 0 saturated carbocycles. The van der Waals surface area contributed by atoms with Crippen LogP contribution in [0.4, 0.5) is 0 Å². The Labute approximate surface area is 254 Å². The average molecular weight is 582 g/mol. The van der Waals surface area contributed by atoms with E-state index < -0.39 is 0 Å². The number of hydrogen-bond donors (Lipinski definition) is 3. The van der Waals surface area contributed by atoms with Gasteiger partial charge in [0.15, 0.2) is 11.5 Å². The van der Waals surface area contributed by atoms with Gasteiger partial charge in [0, 0.05) is 12.6 Å². The van der Waals surface area contributed by atoms with Crippen LogP contribution in [-0.4, -0.2) is 34.9 Å². The molecule has 1 amide bonds. The third-order valence-electron chi connectivity index (χ3n) is 7.26. The van der Waals surface area contributed by atoms with Crippen molar-refractivity contribution < 1.29 is 24.5 Å². The number of hydrogen-bond acceptors (Lipinski definition) is 5. The number of carbonyl (C=O) groups is 1. The minimum atomic E-state index is -0.191. The number of phenolic OH excluding ortho intramolecular Hbond substituents is 2. The van der Waals surface area contributed by atoms with E-state index in [0.29, 0.717) is 29.4 Å². The van der Waals surface area contributed by atoms with Crippen LogP contribution in [0, 0.1) is 0 Å². The molecule has 0 bridgehead atoms. The zero-order valence-electron chi connectivity index (χ0n) is 27.7. The number of phenols is 2. The first-order valence-electron chi connectivity index (χ1n) is 15.6. The molecular formula is C36H55NO5. The molecule has 0 aliphatic heterocycles. The summed E-state index contributed by atoms with van der Waals surface area (Å²) in [5.41, 5.74) is 3.42. The lowest BCUT2D eigenvalue weighted by Gasteiger charge is -2.28. The molecule has 234 valence electrons. The van der Waals surface area contributed by atoms with Gasteiger partial charge in [-0.1, -0.05) is 80.4 Å². The van der Waals surface area contributed by atoms with Crippen LogP contribution in [-0.2, 0) is 22.0 Å². The van der Waals surface area contributed by atoms with E-state index in [1.807, 2.05) is 13.8 Å². The largest absolute Gasteiger partial charge is 0.507 e. The van der Waals surface area contributed by atoms with E-state index in [1.165, 1.54) is 6.08 Å². The van der Waals surface area contributed by atoms with Gasteiger partial charge in [-0.25, -0.2) is 0 Å². The lowest BCUT2D eigenvalue weighted by molar-refractivity contribution is -0.116. The lowest BCUT2D eigenvalue weighted by Crippen LogP contribution is -2.22. The van der Waals surface area contributed by atoms with E-state index in [9.17, 15) is 15.0 Å². The molecular weight excluding hydrogens is 526 g/mol. The highest BCUT2D eigenvalue weighted by Crippen LogP contribution is 2.41. The second kappa shape index (κ2) is 15.4. The number of carbonyl (C=O) groups excluding carboxylic acids is 1. The molecule has 2 aromatic carbocycles. The highest BCUT2D eigenvalue weighted by molar-refractivity contribution is 5.91. The number of nitrogens with one attached hydrogen (secondary N) is 1. The van der Waals surface area contributed by atoms with Crippen LogP contribution in [0.2, 0.25) is 0 Å². The predicted octanol–water partition coefficient (Wildman–Crippen LogP) is 8.59. The standard InChI is InChI=1S/C36H55NO5/c1-11-14-24(3)41-30-22-27(23-31(34(30)40)42-25(4)15-12-2)17-18-32(38)37-19-13-16-26-20-28(35(5,6)7)33(39)29(21-26)36(8,9)10/h17-18,20-25,39-40H,11-16,19H2,1-10H3,(H,37,38). The maximum atomic E-state index is 12.7. The van der Waals surface area contributed by atoms with Crippen molar-refractivity contribution in [1.82, 2.24) is 5.32 Å². The summed E-state index contributed by atoms with van der Waals surface area (Å²) >= 11 is 0. The van der Waals surface area contributed by atoms with Gasteiger partial charge in [-0.05, 0) is 90.8 Å². The molecule has 0 radical (unpaired) electrons. The zero-order valence-corrected chi connectivity index (χ0v) is 27.7. The molecule has 42 heavy (non-hydrogen) atoms. The number of amides is 1. The van der Waals surface area contributed by atoms with Crippen molar-refractivity contribution in [2.45, 2.75) is 131 Å². The second-order valence-corrected chi connectivity index (χ2v) is 13.6. The third-order valence-corrected chi connectivity index (χ3v) is 7.26. The Balaban J connectivity index is 2.11. The normalized spacial score (nSPS) is 13.7. The van der Waals surface area contributed by atoms with Crippen LogP contribution in [0.3, 0.4) is 0 Å². The van der Waals surface area contributed by atoms with Crippen molar-refractivity contribution in [2.24, 2.45) is 0 Å². The molecule has 3 N–H and O–H groups in total. The predicted molar refractivity (Wildman–Crippen MR) is 174 cm³/mol. The van der Waals surface area contributed by atoms with E-state index in [2.05, 4.69) is 72.8 Å². The molecule has 0 fully saturated rings. The van der Waals surface area contributed by atoms with Gasteiger partial charge in [-0.3, -0.25) is 4.79 Å². The quantitative estimate of drug-likeness (QED) is 0.154. The summed E-state index contributed by atoms with van der Waals surface area (Å²) in [5, 5.41) is 24.8. The molecule has 2 rings (SSSR count). The second-order valence-electron chi connectivity index (χ2n) is 13.6. The van der Waals surface area contributed by atoms with E-state index in [0.717, 1.165) is 55.2 Å². The maximum absolute atomic E-state index is 12.7. The monoisotopic (exact) mass is 581 g/mol. The van der Waals surface area contributed by atoms with Gasteiger partial charge in [0.05, 0.1) is 12.2 Å². The Bertz CT molecular complexity index is 1130. The molecule has 0 aliphatic carbocycles. The summed E-state index contributed by atoms with van der Waals surface area (Å²) in [6.07, 6.45) is 8.34. The summed E-state index contributed by atoms with van der Waals surface area (Å²) in [7, 11) is 0. The molecule has 2 aromatic rings. The average Bonchev–Trinajstić information content (AvgIpc) is 2.87. The SMILES string of the molecule is CCCC(C)Oc1cc(C=CC(=O)NCCCc2cc(C(C)(C)C)c(O)c(C(C)(C)C)c2)cc(OC(C)CCC)c1O. The van der Waals surface area contributed by atoms with Crippen LogP contribution >= 0.6 is 0 Å². The summed E-state index contributed by atoms with van der Waals surface area (Å²) in [6.45, 7) is 21.3. The van der Waals surface area contributed by atoms with Crippen LogP contribution in [0.15, 0.2) is 30.3 Å². The van der Waals surface area contributed by atoms with Gasteiger partial charge in [-0.15, -0.1) is 0 Å². The van der Waals surface area contributed by atoms with E-state index >= 15 is 0 Å². The van der Waals surface area contributed by atoms with Crippen molar-refractivity contribution in [3.8, 4) is 23.0 Å². The fraction of sp³-hybridized carbons (Fsp3) is 0.583. The van der Waals surface area contributed by atoms with Gasteiger partial charge < -0.3 is 25.0 Å². The van der Waals surface area contributed by atoms with Crippen LogP contribution < -0.4 is 14.8 Å². The first kappa shape index (κ1) is 35.0. The molecule has 6 nitrogen and oxygen atoms in total. The number of aryl methyl sites for hydroxylation is 1. The Hall–Kier alpha value is -3.15. The highest BCUT2D eigenvalue weighted by Gasteiger charge is 2.26.